The molecule has 0 fully saturated rings. The SMILES string of the molecule is CC(C)CN1CCc2c(ccc3c2CCCC3N)C1. The van der Waals surface area contributed by atoms with Gasteiger partial charge >= 0.3 is 0 Å². The third kappa shape index (κ3) is 2.56. The summed E-state index contributed by atoms with van der Waals surface area (Å²) in [7, 11) is 0. The molecule has 0 saturated carbocycles. The van der Waals surface area contributed by atoms with E-state index < -0.39 is 0 Å². The lowest BCUT2D eigenvalue weighted by Crippen LogP contribution is -2.34. The largest absolute Gasteiger partial charge is 0.324 e. The Morgan fingerprint density at radius 2 is 2.11 bits per heavy atom. The van der Waals surface area contributed by atoms with Crippen LogP contribution >= 0.6 is 0 Å². The van der Waals surface area contributed by atoms with E-state index in [1.165, 1.54) is 37.9 Å². The highest BCUT2D eigenvalue weighted by molar-refractivity contribution is 5.45. The lowest BCUT2D eigenvalue weighted by Gasteiger charge is -2.34. The standard InChI is InChI=1S/C17H26N2/c1-12(2)10-19-9-8-14-13(11-19)6-7-16-15(14)4-3-5-17(16)18/h6-7,12,17H,3-5,8-11,18H2,1-2H3. The van der Waals surface area contributed by atoms with Gasteiger partial charge in [-0.1, -0.05) is 26.0 Å². The van der Waals surface area contributed by atoms with E-state index in [1.807, 2.05) is 0 Å². The third-order valence-electron chi connectivity index (χ3n) is 4.60. The van der Waals surface area contributed by atoms with Crippen LogP contribution in [0, 0.1) is 5.92 Å². The van der Waals surface area contributed by atoms with E-state index in [-0.39, 0.29) is 6.04 Å². The second-order valence-corrected chi connectivity index (χ2v) is 6.65. The Hall–Kier alpha value is -0.860. The van der Waals surface area contributed by atoms with Crippen LogP contribution in [0.4, 0.5) is 0 Å². The van der Waals surface area contributed by atoms with Gasteiger partial charge in [0, 0.05) is 25.7 Å². The highest BCUT2D eigenvalue weighted by atomic mass is 15.1. The third-order valence-corrected chi connectivity index (χ3v) is 4.60. The molecule has 2 heteroatoms. The van der Waals surface area contributed by atoms with Crippen LogP contribution < -0.4 is 5.73 Å². The predicted molar refractivity (Wildman–Crippen MR) is 80.1 cm³/mol. The molecule has 104 valence electrons. The van der Waals surface area contributed by atoms with Crippen LogP contribution in [-0.2, 0) is 19.4 Å². The molecule has 0 bridgehead atoms. The van der Waals surface area contributed by atoms with Crippen LogP contribution in [-0.4, -0.2) is 18.0 Å². The molecule has 1 unspecified atom stereocenters. The maximum absolute atomic E-state index is 6.26. The summed E-state index contributed by atoms with van der Waals surface area (Å²) in [5, 5.41) is 0. The molecule has 19 heavy (non-hydrogen) atoms. The number of hydrogen-bond acceptors (Lipinski definition) is 2. The lowest BCUT2D eigenvalue weighted by molar-refractivity contribution is 0.226. The zero-order valence-corrected chi connectivity index (χ0v) is 12.3. The molecule has 1 aliphatic carbocycles. The fourth-order valence-electron chi connectivity index (χ4n) is 3.78. The second kappa shape index (κ2) is 5.26. The first kappa shape index (κ1) is 13.1. The summed E-state index contributed by atoms with van der Waals surface area (Å²) in [6, 6.07) is 4.92. The normalized spacial score (nSPS) is 23.3. The van der Waals surface area contributed by atoms with E-state index in [1.54, 1.807) is 16.7 Å². The lowest BCUT2D eigenvalue weighted by atomic mass is 9.81. The van der Waals surface area contributed by atoms with Crippen molar-refractivity contribution in [2.24, 2.45) is 11.7 Å². The van der Waals surface area contributed by atoms with E-state index >= 15 is 0 Å². The Bertz CT molecular complexity index is 465. The van der Waals surface area contributed by atoms with Crippen molar-refractivity contribution in [1.82, 2.24) is 4.90 Å². The van der Waals surface area contributed by atoms with Gasteiger partial charge in [-0.25, -0.2) is 0 Å². The smallest absolute Gasteiger partial charge is 0.0297 e. The zero-order chi connectivity index (χ0) is 13.4. The first-order chi connectivity index (χ1) is 9.15. The Morgan fingerprint density at radius 1 is 1.26 bits per heavy atom. The van der Waals surface area contributed by atoms with Crippen molar-refractivity contribution >= 4 is 0 Å². The number of fused-ring (bicyclic) bond motifs is 3. The monoisotopic (exact) mass is 258 g/mol. The molecule has 1 aliphatic heterocycles. The number of nitrogens with zero attached hydrogens (tertiary/aromatic N) is 1. The molecule has 0 radical (unpaired) electrons. The minimum Gasteiger partial charge on any atom is -0.324 e. The van der Waals surface area contributed by atoms with Gasteiger partial charge in [-0.3, -0.25) is 4.90 Å². The maximum Gasteiger partial charge on any atom is 0.0297 e. The Kier molecular flexibility index (Phi) is 3.64. The first-order valence-electron chi connectivity index (χ1n) is 7.76. The molecule has 0 amide bonds. The zero-order valence-electron chi connectivity index (χ0n) is 12.3. The molecule has 0 aromatic heterocycles. The van der Waals surface area contributed by atoms with Gasteiger partial charge in [0.25, 0.3) is 0 Å². The van der Waals surface area contributed by atoms with Crippen LogP contribution in [0.25, 0.3) is 0 Å². The quantitative estimate of drug-likeness (QED) is 0.883. The average molecular weight is 258 g/mol. The van der Waals surface area contributed by atoms with Gasteiger partial charge in [0.1, 0.15) is 0 Å². The number of nitrogens with two attached hydrogens (primary N) is 1. The molecule has 2 aliphatic rings. The van der Waals surface area contributed by atoms with E-state index in [4.69, 9.17) is 5.73 Å². The van der Waals surface area contributed by atoms with Gasteiger partial charge < -0.3 is 5.73 Å². The predicted octanol–water partition coefficient (Wildman–Crippen LogP) is 3.04. The van der Waals surface area contributed by atoms with Gasteiger partial charge in [0.05, 0.1) is 0 Å². The Balaban J connectivity index is 1.88. The average Bonchev–Trinajstić information content (AvgIpc) is 2.38. The van der Waals surface area contributed by atoms with Crippen LogP contribution in [0.1, 0.15) is 55.0 Å². The van der Waals surface area contributed by atoms with Gasteiger partial charge in [-0.2, -0.15) is 0 Å². The minimum atomic E-state index is 0.280. The van der Waals surface area contributed by atoms with Crippen LogP contribution in [0.5, 0.6) is 0 Å². The molecule has 1 atom stereocenters. The van der Waals surface area contributed by atoms with Crippen LogP contribution in [0.2, 0.25) is 0 Å². The van der Waals surface area contributed by atoms with Crippen LogP contribution in [0.3, 0.4) is 0 Å². The molecule has 1 aromatic rings. The van der Waals surface area contributed by atoms with Crippen molar-refractivity contribution < 1.29 is 0 Å². The fraction of sp³-hybridized carbons (Fsp3) is 0.647. The van der Waals surface area contributed by atoms with Crippen LogP contribution in [0.15, 0.2) is 12.1 Å². The van der Waals surface area contributed by atoms with E-state index in [9.17, 15) is 0 Å². The van der Waals surface area contributed by atoms with Gasteiger partial charge in [0.2, 0.25) is 0 Å². The summed E-state index contributed by atoms with van der Waals surface area (Å²) in [6.07, 6.45) is 4.89. The summed E-state index contributed by atoms with van der Waals surface area (Å²) in [5.41, 5.74) is 12.5. The maximum atomic E-state index is 6.26. The first-order valence-corrected chi connectivity index (χ1v) is 7.76. The van der Waals surface area contributed by atoms with Crippen molar-refractivity contribution in [2.75, 3.05) is 13.1 Å². The topological polar surface area (TPSA) is 29.3 Å². The second-order valence-electron chi connectivity index (χ2n) is 6.65. The fourth-order valence-corrected chi connectivity index (χ4v) is 3.78. The van der Waals surface area contributed by atoms with Crippen molar-refractivity contribution in [3.63, 3.8) is 0 Å². The van der Waals surface area contributed by atoms with Crippen molar-refractivity contribution in [1.29, 1.82) is 0 Å². The Labute approximate surface area is 117 Å². The molecular weight excluding hydrogens is 232 g/mol. The molecule has 0 saturated heterocycles. The van der Waals surface area contributed by atoms with Gasteiger partial charge in [0.15, 0.2) is 0 Å². The summed E-state index contributed by atoms with van der Waals surface area (Å²) < 4.78 is 0. The van der Waals surface area contributed by atoms with Crippen molar-refractivity contribution in [2.45, 2.75) is 52.1 Å². The number of hydrogen-bond donors (Lipinski definition) is 1. The molecular formula is C17H26N2. The van der Waals surface area contributed by atoms with E-state index in [2.05, 4.69) is 30.9 Å². The summed E-state index contributed by atoms with van der Waals surface area (Å²) in [6.45, 7) is 8.19. The summed E-state index contributed by atoms with van der Waals surface area (Å²) in [5.74, 6) is 0.757. The highest BCUT2D eigenvalue weighted by Crippen LogP contribution is 2.34. The molecule has 1 heterocycles. The molecule has 0 spiro atoms. The number of benzene rings is 1. The van der Waals surface area contributed by atoms with Gasteiger partial charge in [-0.05, 0) is 53.9 Å². The number of rotatable bonds is 2. The summed E-state index contributed by atoms with van der Waals surface area (Å²) in [4.78, 5) is 2.60. The Morgan fingerprint density at radius 3 is 2.89 bits per heavy atom. The molecule has 2 N–H and O–H groups in total. The minimum absolute atomic E-state index is 0.280. The molecule has 3 rings (SSSR count). The summed E-state index contributed by atoms with van der Waals surface area (Å²) >= 11 is 0. The van der Waals surface area contributed by atoms with E-state index in [0.29, 0.717) is 0 Å². The molecule has 2 nitrogen and oxygen atoms in total. The van der Waals surface area contributed by atoms with E-state index in [0.717, 1.165) is 18.9 Å². The van der Waals surface area contributed by atoms with Gasteiger partial charge in [-0.15, -0.1) is 0 Å². The highest BCUT2D eigenvalue weighted by Gasteiger charge is 2.24. The molecule has 1 aromatic carbocycles. The van der Waals surface area contributed by atoms with Crippen molar-refractivity contribution in [3.05, 3.63) is 34.4 Å². The van der Waals surface area contributed by atoms with Crippen molar-refractivity contribution in [3.8, 4) is 0 Å².